The maximum absolute atomic E-state index is 14.5. The number of benzene rings is 5. The Morgan fingerprint density at radius 1 is 0.719 bits per heavy atom. The van der Waals surface area contributed by atoms with E-state index in [-0.39, 0.29) is 19.0 Å². The minimum Gasteiger partial charge on any atom is -0.443 e. The van der Waals surface area contributed by atoms with E-state index in [1.165, 1.54) is 5.56 Å². The van der Waals surface area contributed by atoms with Crippen LogP contribution in [0.3, 0.4) is 0 Å². The molecule has 7 rings (SSSR count). The molecule has 0 aliphatic heterocycles. The van der Waals surface area contributed by atoms with Crippen molar-refractivity contribution in [3.05, 3.63) is 185 Å². The fourth-order valence-electron chi connectivity index (χ4n) is 7.61. The molecule has 8 nitrogen and oxygen atoms in total. The van der Waals surface area contributed by atoms with Gasteiger partial charge in [0.2, 0.25) is 0 Å². The van der Waals surface area contributed by atoms with E-state index in [0.717, 1.165) is 52.7 Å². The number of aryl methyl sites for hydroxylation is 1. The summed E-state index contributed by atoms with van der Waals surface area (Å²) in [6, 6.07) is 48.9. The smallest absolute Gasteiger partial charge is 0.414 e. The highest BCUT2D eigenvalue weighted by molar-refractivity contribution is 6.10. The van der Waals surface area contributed by atoms with Gasteiger partial charge in [0.25, 0.3) is 5.91 Å². The predicted octanol–water partition coefficient (Wildman–Crippen LogP) is 11.0. The molecule has 6 aromatic rings. The summed E-state index contributed by atoms with van der Waals surface area (Å²) in [5.41, 5.74) is 6.80. The lowest BCUT2D eigenvalue weighted by Crippen LogP contribution is -2.40. The summed E-state index contributed by atoms with van der Waals surface area (Å²) < 4.78 is 7.73. The van der Waals surface area contributed by atoms with E-state index < -0.39 is 17.2 Å². The lowest BCUT2D eigenvalue weighted by molar-refractivity contribution is -0.113. The first-order valence-electron chi connectivity index (χ1n) is 19.8. The van der Waals surface area contributed by atoms with Crippen LogP contribution in [0, 0.1) is 6.92 Å². The van der Waals surface area contributed by atoms with Crippen LogP contribution >= 0.6 is 0 Å². The highest BCUT2D eigenvalue weighted by Gasteiger charge is 2.38. The van der Waals surface area contributed by atoms with E-state index in [9.17, 15) is 9.59 Å². The molecule has 1 aliphatic rings. The van der Waals surface area contributed by atoms with Crippen molar-refractivity contribution in [3.63, 3.8) is 0 Å². The number of para-hydroxylation sites is 1. The lowest BCUT2D eigenvalue weighted by Gasteiger charge is -2.38. The molecule has 0 saturated carbocycles. The van der Waals surface area contributed by atoms with Crippen LogP contribution in [0.5, 0.6) is 0 Å². The molecule has 1 heterocycles. The molecule has 0 atom stereocenters. The molecule has 290 valence electrons. The quantitative estimate of drug-likeness (QED) is 0.121. The van der Waals surface area contributed by atoms with E-state index in [0.29, 0.717) is 23.6 Å². The Morgan fingerprint density at radius 2 is 1.25 bits per heavy atom. The minimum atomic E-state index is -0.914. The van der Waals surface area contributed by atoms with Crippen LogP contribution in [-0.4, -0.2) is 33.9 Å². The average Bonchev–Trinajstić information content (AvgIpc) is 3.60. The number of nitrogens with one attached hydrogen (secondary N) is 2. The Labute approximate surface area is 336 Å². The van der Waals surface area contributed by atoms with Gasteiger partial charge in [-0.3, -0.25) is 9.69 Å². The molecule has 2 N–H and O–H groups in total. The van der Waals surface area contributed by atoms with Gasteiger partial charge in [-0.05, 0) is 93.3 Å². The summed E-state index contributed by atoms with van der Waals surface area (Å²) in [6.45, 7) is 8.20. The maximum Gasteiger partial charge on any atom is 0.414 e. The fourth-order valence-corrected chi connectivity index (χ4v) is 7.61. The van der Waals surface area contributed by atoms with Crippen molar-refractivity contribution in [3.8, 4) is 0 Å². The molecule has 57 heavy (non-hydrogen) atoms. The van der Waals surface area contributed by atoms with Crippen molar-refractivity contribution in [2.75, 3.05) is 22.1 Å². The van der Waals surface area contributed by atoms with Crippen LogP contribution in [0.15, 0.2) is 157 Å². The number of allylic oxidation sites excluding steroid dienone is 1. The van der Waals surface area contributed by atoms with Crippen molar-refractivity contribution >= 4 is 34.8 Å². The maximum atomic E-state index is 14.5. The third-order valence-corrected chi connectivity index (χ3v) is 10.4. The molecule has 0 radical (unpaired) electrons. The molecule has 1 aliphatic carbocycles. The first-order chi connectivity index (χ1) is 27.6. The lowest BCUT2D eigenvalue weighted by atomic mass is 9.77. The Kier molecular flexibility index (Phi) is 11.7. The van der Waals surface area contributed by atoms with Gasteiger partial charge in [0, 0.05) is 17.8 Å². The standard InChI is InChI=1S/C49H51N5O3/c1-36-29-31-37(32-30-36)42-27-17-18-28-43(42)46(55)51-44-35-50-54(34-33-53(41-25-15-8-16-26-41)47(56)57-48(2,3)4)45(44)52-49(38-19-9-5-10-20-38,39-21-11-6-12-22-39)40-23-13-7-14-24-40/h5-16,19-26,29-32,35,52H,17-18,27-28,33-34H2,1-4H3,(H,51,55). The number of rotatable bonds is 12. The second-order valence-electron chi connectivity index (χ2n) is 15.6. The molecule has 1 aromatic heterocycles. The largest absolute Gasteiger partial charge is 0.443 e. The molecule has 0 spiro atoms. The number of hydrogen-bond donors (Lipinski definition) is 2. The van der Waals surface area contributed by atoms with Crippen molar-refractivity contribution in [1.29, 1.82) is 0 Å². The average molecular weight is 758 g/mol. The van der Waals surface area contributed by atoms with Gasteiger partial charge in [0.15, 0.2) is 0 Å². The highest BCUT2D eigenvalue weighted by Crippen LogP contribution is 2.42. The second-order valence-corrected chi connectivity index (χ2v) is 15.6. The molecule has 0 unspecified atom stereocenters. The van der Waals surface area contributed by atoms with Crippen LogP contribution in [0.4, 0.5) is 22.0 Å². The normalized spacial score (nSPS) is 13.2. The van der Waals surface area contributed by atoms with E-state index in [1.807, 2.05) is 110 Å². The van der Waals surface area contributed by atoms with Crippen LogP contribution in [0.2, 0.25) is 0 Å². The molecule has 2 amide bonds. The van der Waals surface area contributed by atoms with Gasteiger partial charge in [-0.15, -0.1) is 0 Å². The van der Waals surface area contributed by atoms with Gasteiger partial charge in [0.1, 0.15) is 22.6 Å². The first kappa shape index (κ1) is 38.8. The van der Waals surface area contributed by atoms with Gasteiger partial charge in [-0.1, -0.05) is 139 Å². The Bertz CT molecular complexity index is 2200. The van der Waals surface area contributed by atoms with Gasteiger partial charge >= 0.3 is 6.09 Å². The number of carbonyl (C=O) groups excluding carboxylic acids is 2. The zero-order chi connectivity index (χ0) is 39.8. The van der Waals surface area contributed by atoms with Crippen molar-refractivity contribution < 1.29 is 14.3 Å². The zero-order valence-electron chi connectivity index (χ0n) is 33.2. The second kappa shape index (κ2) is 17.2. The van der Waals surface area contributed by atoms with Crippen LogP contribution in [0.25, 0.3) is 5.57 Å². The van der Waals surface area contributed by atoms with Crippen molar-refractivity contribution in [2.45, 2.75) is 71.1 Å². The van der Waals surface area contributed by atoms with E-state index in [1.54, 1.807) is 11.1 Å². The summed E-state index contributed by atoms with van der Waals surface area (Å²) in [4.78, 5) is 29.9. The van der Waals surface area contributed by atoms with E-state index in [4.69, 9.17) is 9.84 Å². The third kappa shape index (κ3) is 8.86. The number of anilines is 3. The van der Waals surface area contributed by atoms with E-state index in [2.05, 4.69) is 78.2 Å². The van der Waals surface area contributed by atoms with Gasteiger partial charge < -0.3 is 15.4 Å². The number of amides is 2. The molecule has 0 bridgehead atoms. The monoisotopic (exact) mass is 757 g/mol. The topological polar surface area (TPSA) is 88.5 Å². The fraction of sp³-hybridized carbons (Fsp3) is 0.245. The number of aromatic nitrogens is 2. The summed E-state index contributed by atoms with van der Waals surface area (Å²) in [7, 11) is 0. The SMILES string of the molecule is Cc1ccc(C2=C(C(=O)Nc3cnn(CCN(C(=O)OC(C)(C)C)c4ccccc4)c3NC(c3ccccc3)(c3ccccc3)c3ccccc3)CCCC2)cc1. The number of nitrogens with zero attached hydrogens (tertiary/aromatic N) is 3. The van der Waals surface area contributed by atoms with Gasteiger partial charge in [-0.2, -0.15) is 5.10 Å². The Morgan fingerprint density at radius 3 is 1.79 bits per heavy atom. The van der Waals surface area contributed by atoms with Crippen LogP contribution in [-0.2, 0) is 21.6 Å². The Balaban J connectivity index is 1.35. The molecule has 5 aromatic carbocycles. The van der Waals surface area contributed by atoms with Crippen LogP contribution < -0.4 is 15.5 Å². The summed E-state index contributed by atoms with van der Waals surface area (Å²) in [6.07, 6.45) is 4.77. The molecule has 8 heteroatoms. The molecular weight excluding hydrogens is 707 g/mol. The number of carbonyl (C=O) groups is 2. The predicted molar refractivity (Wildman–Crippen MR) is 230 cm³/mol. The molecule has 0 fully saturated rings. The number of hydrogen-bond acceptors (Lipinski definition) is 5. The molecular formula is C49H51N5O3. The Hall–Kier alpha value is -6.41. The molecule has 0 saturated heterocycles. The summed E-state index contributed by atoms with van der Waals surface area (Å²) >= 11 is 0. The van der Waals surface area contributed by atoms with Gasteiger partial charge in [-0.25, -0.2) is 9.48 Å². The highest BCUT2D eigenvalue weighted by atomic mass is 16.6. The van der Waals surface area contributed by atoms with Gasteiger partial charge in [0.05, 0.1) is 12.7 Å². The number of ether oxygens (including phenoxy) is 1. The van der Waals surface area contributed by atoms with Crippen molar-refractivity contribution in [2.24, 2.45) is 0 Å². The van der Waals surface area contributed by atoms with Crippen LogP contribution in [0.1, 0.15) is 74.3 Å². The summed E-state index contributed by atoms with van der Waals surface area (Å²) in [5, 5.41) is 12.2. The third-order valence-electron chi connectivity index (χ3n) is 10.4. The minimum absolute atomic E-state index is 0.141. The van der Waals surface area contributed by atoms with E-state index >= 15 is 0 Å². The summed E-state index contributed by atoms with van der Waals surface area (Å²) in [5.74, 6) is 0.461. The first-order valence-corrected chi connectivity index (χ1v) is 19.8. The van der Waals surface area contributed by atoms with Crippen molar-refractivity contribution in [1.82, 2.24) is 9.78 Å². The zero-order valence-corrected chi connectivity index (χ0v) is 33.2.